The average Bonchev–Trinajstić information content (AvgIpc) is 3.28. The van der Waals surface area contributed by atoms with Crippen LogP contribution >= 0.6 is 0 Å². The fourth-order valence-electron chi connectivity index (χ4n) is 3.82. The summed E-state index contributed by atoms with van der Waals surface area (Å²) in [5.74, 6) is 0.482. The summed E-state index contributed by atoms with van der Waals surface area (Å²) >= 11 is 0. The molecule has 0 aliphatic carbocycles. The predicted molar refractivity (Wildman–Crippen MR) is 125 cm³/mol. The Kier molecular flexibility index (Phi) is 5.10. The second-order valence-corrected chi connectivity index (χ2v) is 7.70. The number of carbonyl (C=O) groups is 1. The van der Waals surface area contributed by atoms with Gasteiger partial charge in [0, 0.05) is 11.1 Å². The smallest absolute Gasteiger partial charge is 0.281 e. The fraction of sp³-hybridized carbons (Fsp3) is 0.120. The van der Waals surface area contributed by atoms with E-state index in [0.29, 0.717) is 27.8 Å². The minimum Gasteiger partial charge on any atom is -0.497 e. The molecule has 8 nitrogen and oxygen atoms in total. The Labute approximate surface area is 188 Å². The molecule has 0 aliphatic heterocycles. The van der Waals surface area contributed by atoms with Crippen molar-refractivity contribution in [2.24, 2.45) is 0 Å². The van der Waals surface area contributed by atoms with Gasteiger partial charge in [-0.25, -0.2) is 9.73 Å². The first-order chi connectivity index (χ1) is 16.0. The van der Waals surface area contributed by atoms with Crippen molar-refractivity contribution in [2.75, 3.05) is 7.11 Å². The van der Waals surface area contributed by atoms with E-state index >= 15 is 0 Å². The molecule has 1 atom stereocenters. The first-order valence-electron chi connectivity index (χ1n) is 10.5. The Morgan fingerprint density at radius 3 is 2.55 bits per heavy atom. The van der Waals surface area contributed by atoms with Gasteiger partial charge in [0.2, 0.25) is 0 Å². The van der Waals surface area contributed by atoms with Crippen LogP contribution in [0.25, 0.3) is 27.8 Å². The molecule has 1 amide bonds. The summed E-state index contributed by atoms with van der Waals surface area (Å²) in [6.45, 7) is 1.93. The second kappa shape index (κ2) is 8.23. The number of nitrogens with zero attached hydrogens (tertiary/aromatic N) is 3. The van der Waals surface area contributed by atoms with Gasteiger partial charge in [-0.1, -0.05) is 30.3 Å². The van der Waals surface area contributed by atoms with Gasteiger partial charge in [-0.15, -0.1) is 0 Å². The number of fused-ring (bicyclic) bond motifs is 3. The van der Waals surface area contributed by atoms with Crippen LogP contribution in [0.3, 0.4) is 0 Å². The summed E-state index contributed by atoms with van der Waals surface area (Å²) in [5.41, 5.74) is 3.28. The first-order valence-corrected chi connectivity index (χ1v) is 10.5. The number of ether oxygens (including phenoxy) is 1. The standard InChI is InChI=1S/C25H21N5O3/c1-15(16-6-4-3-5-7-16)26-24(31)18-10-13-20-21(14-18)30-23(27-25(20)32)22(28-29-30)17-8-11-19(33-2)12-9-17/h3-15,29H,1-2H3,(H,26,31)/t15-/m0/s1. The molecule has 0 fully saturated rings. The highest BCUT2D eigenvalue weighted by Gasteiger charge is 2.17. The molecule has 0 radical (unpaired) electrons. The first kappa shape index (κ1) is 20.4. The maximum Gasteiger partial charge on any atom is 0.281 e. The van der Waals surface area contributed by atoms with Crippen LogP contribution in [0.2, 0.25) is 0 Å². The van der Waals surface area contributed by atoms with Crippen molar-refractivity contribution < 1.29 is 9.53 Å². The number of carbonyl (C=O) groups excluding carboxylic acids is 1. The minimum atomic E-state index is -0.384. The SMILES string of the molecule is COc1ccc(-c2n[nH]n3c2nc(=O)c2ccc(C(=O)N[C@@H](C)c4ccccc4)cc23)cc1. The number of aromatic amines is 1. The van der Waals surface area contributed by atoms with E-state index in [1.807, 2.05) is 61.5 Å². The largest absolute Gasteiger partial charge is 0.497 e. The molecule has 0 aliphatic rings. The van der Waals surface area contributed by atoms with Crippen LogP contribution in [0, 0.1) is 0 Å². The van der Waals surface area contributed by atoms with Gasteiger partial charge < -0.3 is 10.1 Å². The van der Waals surface area contributed by atoms with Crippen molar-refractivity contribution in [1.29, 1.82) is 0 Å². The third-order valence-electron chi connectivity index (χ3n) is 5.63. The van der Waals surface area contributed by atoms with Gasteiger partial charge in [0.15, 0.2) is 5.65 Å². The summed E-state index contributed by atoms with van der Waals surface area (Å²) in [6.07, 6.45) is 0. The molecule has 5 rings (SSSR count). The van der Waals surface area contributed by atoms with Crippen molar-refractivity contribution >= 4 is 22.5 Å². The number of methoxy groups -OCH3 is 1. The highest BCUT2D eigenvalue weighted by Crippen LogP contribution is 2.25. The number of hydrogen-bond donors (Lipinski definition) is 2. The molecular formula is C25H21N5O3. The molecule has 0 spiro atoms. The minimum absolute atomic E-state index is 0.164. The van der Waals surface area contributed by atoms with Crippen LogP contribution in [0.1, 0.15) is 28.9 Å². The van der Waals surface area contributed by atoms with E-state index in [4.69, 9.17) is 4.74 Å². The van der Waals surface area contributed by atoms with E-state index in [0.717, 1.165) is 16.9 Å². The van der Waals surface area contributed by atoms with Gasteiger partial charge in [-0.2, -0.15) is 10.1 Å². The van der Waals surface area contributed by atoms with E-state index in [9.17, 15) is 9.59 Å². The van der Waals surface area contributed by atoms with Crippen molar-refractivity contribution in [3.8, 4) is 17.0 Å². The summed E-state index contributed by atoms with van der Waals surface area (Å²) in [4.78, 5) is 29.9. The van der Waals surface area contributed by atoms with Crippen LogP contribution in [-0.4, -0.2) is 32.8 Å². The van der Waals surface area contributed by atoms with Crippen LogP contribution in [0.5, 0.6) is 5.75 Å². The lowest BCUT2D eigenvalue weighted by molar-refractivity contribution is 0.0940. The summed E-state index contributed by atoms with van der Waals surface area (Å²) in [5, 5.41) is 10.7. The zero-order valence-corrected chi connectivity index (χ0v) is 18.1. The van der Waals surface area contributed by atoms with E-state index in [1.165, 1.54) is 0 Å². The summed E-state index contributed by atoms with van der Waals surface area (Å²) < 4.78 is 6.82. The topological polar surface area (TPSA) is 101 Å². The van der Waals surface area contributed by atoms with Gasteiger partial charge in [-0.05, 0) is 55.0 Å². The number of rotatable bonds is 5. The lowest BCUT2D eigenvalue weighted by Gasteiger charge is -2.14. The third kappa shape index (κ3) is 3.71. The van der Waals surface area contributed by atoms with Crippen molar-refractivity contribution in [3.63, 3.8) is 0 Å². The highest BCUT2D eigenvalue weighted by atomic mass is 16.5. The molecule has 33 heavy (non-hydrogen) atoms. The molecule has 2 N–H and O–H groups in total. The number of aromatic nitrogens is 4. The molecule has 3 aromatic carbocycles. The quantitative estimate of drug-likeness (QED) is 0.434. The van der Waals surface area contributed by atoms with Crippen LogP contribution in [-0.2, 0) is 0 Å². The molecule has 0 saturated heterocycles. The maximum absolute atomic E-state index is 12.9. The maximum atomic E-state index is 12.9. The number of hydrogen-bond acceptors (Lipinski definition) is 5. The van der Waals surface area contributed by atoms with E-state index in [2.05, 4.69) is 20.6 Å². The number of amides is 1. The molecule has 0 unspecified atom stereocenters. The van der Waals surface area contributed by atoms with E-state index < -0.39 is 0 Å². The van der Waals surface area contributed by atoms with Crippen molar-refractivity contribution in [3.05, 3.63) is 94.3 Å². The summed E-state index contributed by atoms with van der Waals surface area (Å²) in [6, 6.07) is 21.8. The number of H-pyrrole nitrogens is 1. The summed E-state index contributed by atoms with van der Waals surface area (Å²) in [7, 11) is 1.60. The van der Waals surface area contributed by atoms with Gasteiger partial charge in [0.05, 0.1) is 24.1 Å². The molecule has 8 heteroatoms. The normalized spacial score (nSPS) is 12.1. The monoisotopic (exact) mass is 439 g/mol. The van der Waals surface area contributed by atoms with Gasteiger partial charge in [0.1, 0.15) is 11.4 Å². The van der Waals surface area contributed by atoms with Gasteiger partial charge in [0.25, 0.3) is 11.5 Å². The van der Waals surface area contributed by atoms with Crippen LogP contribution < -0.4 is 15.6 Å². The lowest BCUT2D eigenvalue weighted by atomic mass is 10.1. The zero-order chi connectivity index (χ0) is 22.9. The highest BCUT2D eigenvalue weighted by molar-refractivity contribution is 5.98. The molecule has 2 aromatic heterocycles. The number of benzene rings is 3. The molecule has 164 valence electrons. The Morgan fingerprint density at radius 1 is 1.06 bits per heavy atom. The van der Waals surface area contributed by atoms with E-state index in [-0.39, 0.29) is 17.5 Å². The van der Waals surface area contributed by atoms with E-state index in [1.54, 1.807) is 29.8 Å². The average molecular weight is 439 g/mol. The van der Waals surface area contributed by atoms with Crippen LogP contribution in [0.15, 0.2) is 77.6 Å². The molecule has 5 aromatic rings. The van der Waals surface area contributed by atoms with Crippen molar-refractivity contribution in [2.45, 2.75) is 13.0 Å². The molecular weight excluding hydrogens is 418 g/mol. The Morgan fingerprint density at radius 2 is 1.82 bits per heavy atom. The molecule has 0 bridgehead atoms. The van der Waals surface area contributed by atoms with Crippen molar-refractivity contribution in [1.82, 2.24) is 25.1 Å². The van der Waals surface area contributed by atoms with Crippen LogP contribution in [0.4, 0.5) is 0 Å². The Hall–Kier alpha value is -4.46. The fourth-order valence-corrected chi connectivity index (χ4v) is 3.82. The predicted octanol–water partition coefficient (Wildman–Crippen LogP) is 3.74. The lowest BCUT2D eigenvalue weighted by Crippen LogP contribution is -2.26. The Balaban J connectivity index is 1.55. The third-order valence-corrected chi connectivity index (χ3v) is 5.63. The molecule has 0 saturated carbocycles. The second-order valence-electron chi connectivity index (χ2n) is 7.70. The Bertz CT molecular complexity index is 1520. The number of nitrogens with one attached hydrogen (secondary N) is 2. The zero-order valence-electron chi connectivity index (χ0n) is 18.1. The van der Waals surface area contributed by atoms with Gasteiger partial charge >= 0.3 is 0 Å². The van der Waals surface area contributed by atoms with Gasteiger partial charge in [-0.3, -0.25) is 9.59 Å². The molecule has 2 heterocycles.